The Labute approximate surface area is 118 Å². The summed E-state index contributed by atoms with van der Waals surface area (Å²) >= 11 is 0. The smallest absolute Gasteiger partial charge is 0.240 e. The lowest BCUT2D eigenvalue weighted by Gasteiger charge is -2.31. The molecule has 114 valence electrons. The van der Waals surface area contributed by atoms with E-state index in [1.165, 1.54) is 0 Å². The zero-order chi connectivity index (χ0) is 15.6. The second-order valence-electron chi connectivity index (χ2n) is 5.69. The van der Waals surface area contributed by atoms with Crippen molar-refractivity contribution in [2.75, 3.05) is 6.54 Å². The summed E-state index contributed by atoms with van der Waals surface area (Å²) in [5.41, 5.74) is 5.14. The van der Waals surface area contributed by atoms with E-state index >= 15 is 0 Å². The molecule has 0 aromatic heterocycles. The molecule has 0 heterocycles. The first-order chi connectivity index (χ1) is 9.08. The summed E-state index contributed by atoms with van der Waals surface area (Å²) in [6.45, 7) is 5.95. The van der Waals surface area contributed by atoms with Crippen molar-refractivity contribution in [3.63, 3.8) is 0 Å². The molecule has 0 spiro atoms. The van der Waals surface area contributed by atoms with Gasteiger partial charge in [0.2, 0.25) is 10.0 Å². The molecule has 0 fully saturated rings. The fourth-order valence-corrected chi connectivity index (χ4v) is 3.22. The van der Waals surface area contributed by atoms with Gasteiger partial charge in [0.05, 0.1) is 4.90 Å². The van der Waals surface area contributed by atoms with E-state index in [0.717, 1.165) is 12.1 Å². The van der Waals surface area contributed by atoms with E-state index in [4.69, 9.17) is 5.73 Å². The fraction of sp³-hybridized carbons (Fsp3) is 0.538. The largest absolute Gasteiger partial charge is 0.330 e. The first kappa shape index (κ1) is 17.0. The van der Waals surface area contributed by atoms with E-state index in [1.807, 2.05) is 20.8 Å². The molecule has 0 aliphatic rings. The zero-order valence-corrected chi connectivity index (χ0v) is 12.6. The average Bonchev–Trinajstić information content (AvgIpc) is 2.30. The van der Waals surface area contributed by atoms with Crippen LogP contribution in [0, 0.1) is 17.0 Å². The molecule has 1 unspecified atom stereocenters. The third kappa shape index (κ3) is 4.22. The summed E-state index contributed by atoms with van der Waals surface area (Å²) in [6.07, 6.45) is 0.451. The molecule has 1 aromatic carbocycles. The minimum Gasteiger partial charge on any atom is -0.330 e. The van der Waals surface area contributed by atoms with Crippen LogP contribution in [0.3, 0.4) is 0 Å². The Morgan fingerprint density at radius 3 is 2.30 bits per heavy atom. The minimum absolute atomic E-state index is 0.303. The van der Waals surface area contributed by atoms with Gasteiger partial charge in [-0.3, -0.25) is 0 Å². The molecule has 7 heteroatoms. The van der Waals surface area contributed by atoms with Crippen LogP contribution < -0.4 is 10.5 Å². The van der Waals surface area contributed by atoms with Crippen LogP contribution in [0.25, 0.3) is 0 Å². The lowest BCUT2D eigenvalue weighted by Crippen LogP contribution is -2.44. The summed E-state index contributed by atoms with van der Waals surface area (Å²) in [5, 5.41) is 0. The van der Waals surface area contributed by atoms with Crippen molar-refractivity contribution in [3.8, 4) is 0 Å². The van der Waals surface area contributed by atoms with Gasteiger partial charge in [0.1, 0.15) is 0 Å². The van der Waals surface area contributed by atoms with Gasteiger partial charge in [-0.1, -0.05) is 20.8 Å². The number of hydrogen-bond acceptors (Lipinski definition) is 3. The molecule has 0 bridgehead atoms. The van der Waals surface area contributed by atoms with Crippen molar-refractivity contribution in [1.82, 2.24) is 4.72 Å². The van der Waals surface area contributed by atoms with E-state index < -0.39 is 27.7 Å². The van der Waals surface area contributed by atoms with E-state index in [1.54, 1.807) is 0 Å². The Morgan fingerprint density at radius 1 is 1.25 bits per heavy atom. The molecule has 20 heavy (non-hydrogen) atoms. The number of nitrogens with two attached hydrogens (primary N) is 1. The Morgan fingerprint density at radius 2 is 1.85 bits per heavy atom. The van der Waals surface area contributed by atoms with Crippen LogP contribution in [-0.2, 0) is 10.0 Å². The van der Waals surface area contributed by atoms with E-state index in [0.29, 0.717) is 19.0 Å². The quantitative estimate of drug-likeness (QED) is 0.874. The fourth-order valence-electron chi connectivity index (χ4n) is 1.73. The highest BCUT2D eigenvalue weighted by Gasteiger charge is 2.29. The van der Waals surface area contributed by atoms with Crippen molar-refractivity contribution in [2.24, 2.45) is 11.1 Å². The van der Waals surface area contributed by atoms with Crippen molar-refractivity contribution >= 4 is 10.0 Å². The summed E-state index contributed by atoms with van der Waals surface area (Å²) in [4.78, 5) is -0.303. The summed E-state index contributed by atoms with van der Waals surface area (Å²) in [6, 6.07) is 2.09. The normalized spacial score (nSPS) is 14.3. The molecule has 0 saturated carbocycles. The summed E-state index contributed by atoms with van der Waals surface area (Å²) in [5.74, 6) is -2.28. The zero-order valence-electron chi connectivity index (χ0n) is 11.8. The topological polar surface area (TPSA) is 72.2 Å². The van der Waals surface area contributed by atoms with Gasteiger partial charge in [-0.25, -0.2) is 21.9 Å². The van der Waals surface area contributed by atoms with Gasteiger partial charge < -0.3 is 5.73 Å². The molecule has 0 saturated heterocycles. The van der Waals surface area contributed by atoms with Crippen LogP contribution in [0.2, 0.25) is 0 Å². The first-order valence-corrected chi connectivity index (χ1v) is 7.73. The molecule has 0 radical (unpaired) electrons. The second kappa shape index (κ2) is 6.15. The molecule has 0 aliphatic heterocycles. The Kier molecular flexibility index (Phi) is 5.23. The van der Waals surface area contributed by atoms with E-state index in [2.05, 4.69) is 4.72 Å². The predicted molar refractivity (Wildman–Crippen MR) is 73.6 cm³/mol. The maximum absolute atomic E-state index is 13.1. The summed E-state index contributed by atoms with van der Waals surface area (Å²) < 4.78 is 52.9. The average molecular weight is 306 g/mol. The number of benzene rings is 1. The van der Waals surface area contributed by atoms with Crippen molar-refractivity contribution in [2.45, 2.75) is 38.1 Å². The van der Waals surface area contributed by atoms with Crippen molar-refractivity contribution in [1.29, 1.82) is 0 Å². The van der Waals surface area contributed by atoms with Crippen LogP contribution >= 0.6 is 0 Å². The molecule has 3 N–H and O–H groups in total. The van der Waals surface area contributed by atoms with Gasteiger partial charge in [0, 0.05) is 6.04 Å². The monoisotopic (exact) mass is 306 g/mol. The Hall–Kier alpha value is -1.05. The van der Waals surface area contributed by atoms with Crippen LogP contribution in [0.1, 0.15) is 27.2 Å². The number of rotatable bonds is 5. The minimum atomic E-state index is -3.92. The Balaban J connectivity index is 3.06. The van der Waals surface area contributed by atoms with Gasteiger partial charge >= 0.3 is 0 Å². The van der Waals surface area contributed by atoms with Gasteiger partial charge in [-0.05, 0) is 36.6 Å². The molecule has 0 amide bonds. The standard InChI is InChI=1S/C13H20F2N2O2S/c1-13(2,3)12(6-7-16)17-20(18,19)9-4-5-10(14)11(15)8-9/h4-5,8,12,17H,6-7,16H2,1-3H3. The highest BCUT2D eigenvalue weighted by atomic mass is 32.2. The van der Waals surface area contributed by atoms with Crippen molar-refractivity contribution in [3.05, 3.63) is 29.8 Å². The molecule has 0 aliphatic carbocycles. The number of hydrogen-bond donors (Lipinski definition) is 2. The highest BCUT2D eigenvalue weighted by molar-refractivity contribution is 7.89. The van der Waals surface area contributed by atoms with Crippen molar-refractivity contribution < 1.29 is 17.2 Å². The van der Waals surface area contributed by atoms with Crippen LogP contribution in [0.5, 0.6) is 0 Å². The maximum atomic E-state index is 13.1. The van der Waals surface area contributed by atoms with Crippen LogP contribution in [0.15, 0.2) is 23.1 Å². The molecule has 4 nitrogen and oxygen atoms in total. The molecular weight excluding hydrogens is 286 g/mol. The lowest BCUT2D eigenvalue weighted by molar-refractivity contribution is 0.287. The van der Waals surface area contributed by atoms with E-state index in [9.17, 15) is 17.2 Å². The van der Waals surface area contributed by atoms with Gasteiger partial charge in [-0.15, -0.1) is 0 Å². The van der Waals surface area contributed by atoms with Gasteiger partial charge in [0.15, 0.2) is 11.6 Å². The number of sulfonamides is 1. The first-order valence-electron chi connectivity index (χ1n) is 6.25. The van der Waals surface area contributed by atoms with Gasteiger partial charge in [-0.2, -0.15) is 0 Å². The highest BCUT2D eigenvalue weighted by Crippen LogP contribution is 2.24. The molecule has 1 aromatic rings. The van der Waals surface area contributed by atoms with Gasteiger partial charge in [0.25, 0.3) is 0 Å². The Bertz CT molecular complexity index is 568. The third-order valence-corrected chi connectivity index (χ3v) is 4.47. The lowest BCUT2D eigenvalue weighted by atomic mass is 9.85. The van der Waals surface area contributed by atoms with E-state index in [-0.39, 0.29) is 10.3 Å². The molecule has 1 atom stereocenters. The number of nitrogens with one attached hydrogen (secondary N) is 1. The van der Waals surface area contributed by atoms with Crippen LogP contribution in [0.4, 0.5) is 8.78 Å². The summed E-state index contributed by atoms with van der Waals surface area (Å²) in [7, 11) is -3.92. The second-order valence-corrected chi connectivity index (χ2v) is 7.41. The van der Waals surface area contributed by atoms with Crippen LogP contribution in [-0.4, -0.2) is 21.0 Å². The molecular formula is C13H20F2N2O2S. The third-order valence-electron chi connectivity index (χ3n) is 3.00. The maximum Gasteiger partial charge on any atom is 0.240 e. The molecule has 1 rings (SSSR count). The SMILES string of the molecule is CC(C)(C)C(CCN)NS(=O)(=O)c1ccc(F)c(F)c1. The number of halogens is 2. The predicted octanol–water partition coefficient (Wildman–Crippen LogP) is 2.01.